The number of carbonyl (C=O) groups excluding carboxylic acids is 1. The molecule has 4 nitrogen and oxygen atoms in total. The molecule has 1 rings (SSSR count). The molecule has 0 aliphatic carbocycles. The number of hydrogen-bond acceptors (Lipinski definition) is 4. The first-order valence-corrected chi connectivity index (χ1v) is 5.21. The van der Waals surface area contributed by atoms with Gasteiger partial charge in [-0.05, 0) is 31.9 Å². The van der Waals surface area contributed by atoms with Gasteiger partial charge in [-0.15, -0.1) is 0 Å². The number of aromatic nitrogens is 1. The van der Waals surface area contributed by atoms with Gasteiger partial charge in [0.2, 0.25) is 0 Å². The minimum absolute atomic E-state index is 0.409. The van der Waals surface area contributed by atoms with Crippen LogP contribution in [0.5, 0.6) is 0 Å². The van der Waals surface area contributed by atoms with E-state index in [0.717, 1.165) is 0 Å². The van der Waals surface area contributed by atoms with Crippen LogP contribution in [0.25, 0.3) is 0 Å². The number of esters is 1. The molecular weight excluding hydrogens is 318 g/mol. The van der Waals surface area contributed by atoms with Crippen LogP contribution in [0.2, 0.25) is 0 Å². The standard InChI is InChI=1S/C8H7Br2NO3/c1-14-8(13)7(12)6-4(9)2-11-3-5(6)10/h2-3,7,12H,1H3. The summed E-state index contributed by atoms with van der Waals surface area (Å²) in [7, 11) is 1.22. The van der Waals surface area contributed by atoms with E-state index in [4.69, 9.17) is 0 Å². The Morgan fingerprint density at radius 1 is 1.50 bits per heavy atom. The minimum atomic E-state index is -1.31. The fraction of sp³-hybridized carbons (Fsp3) is 0.250. The van der Waals surface area contributed by atoms with Crippen molar-refractivity contribution in [2.45, 2.75) is 6.10 Å². The number of ether oxygens (including phenoxy) is 1. The van der Waals surface area contributed by atoms with Gasteiger partial charge in [-0.25, -0.2) is 4.79 Å². The summed E-state index contributed by atoms with van der Waals surface area (Å²) in [6.07, 6.45) is 1.67. The smallest absolute Gasteiger partial charge is 0.339 e. The molecule has 0 fully saturated rings. The van der Waals surface area contributed by atoms with Gasteiger partial charge in [-0.2, -0.15) is 0 Å². The highest BCUT2D eigenvalue weighted by Gasteiger charge is 2.23. The second-order valence-corrected chi connectivity index (χ2v) is 4.15. The molecule has 0 bridgehead atoms. The fourth-order valence-corrected chi connectivity index (χ4v) is 2.28. The van der Waals surface area contributed by atoms with Crippen molar-refractivity contribution in [1.29, 1.82) is 0 Å². The molecule has 0 aromatic carbocycles. The van der Waals surface area contributed by atoms with E-state index in [1.54, 1.807) is 0 Å². The normalized spacial score (nSPS) is 12.3. The first kappa shape index (κ1) is 11.6. The van der Waals surface area contributed by atoms with E-state index in [1.165, 1.54) is 19.5 Å². The third-order valence-corrected chi connectivity index (χ3v) is 2.85. The lowest BCUT2D eigenvalue weighted by Gasteiger charge is -2.11. The van der Waals surface area contributed by atoms with Crippen molar-refractivity contribution in [2.75, 3.05) is 7.11 Å². The summed E-state index contributed by atoms with van der Waals surface area (Å²) in [4.78, 5) is 14.9. The Morgan fingerprint density at radius 3 is 2.43 bits per heavy atom. The van der Waals surface area contributed by atoms with Crippen molar-refractivity contribution < 1.29 is 14.6 Å². The molecule has 1 atom stereocenters. The van der Waals surface area contributed by atoms with Crippen LogP contribution in [0.3, 0.4) is 0 Å². The molecule has 0 amide bonds. The maximum Gasteiger partial charge on any atom is 0.339 e. The van der Waals surface area contributed by atoms with E-state index >= 15 is 0 Å². The first-order valence-electron chi connectivity index (χ1n) is 3.62. The predicted octanol–water partition coefficient (Wildman–Crippen LogP) is 1.81. The third-order valence-electron chi connectivity index (χ3n) is 1.59. The Labute approximate surface area is 97.6 Å². The van der Waals surface area contributed by atoms with Gasteiger partial charge in [0, 0.05) is 26.9 Å². The predicted molar refractivity (Wildman–Crippen MR) is 56.6 cm³/mol. The van der Waals surface area contributed by atoms with E-state index in [1.807, 2.05) is 0 Å². The average Bonchev–Trinajstić information content (AvgIpc) is 2.16. The van der Waals surface area contributed by atoms with Crippen molar-refractivity contribution in [1.82, 2.24) is 4.98 Å². The lowest BCUT2D eigenvalue weighted by atomic mass is 10.1. The summed E-state index contributed by atoms with van der Waals surface area (Å²) in [6, 6.07) is 0. The molecule has 1 heterocycles. The number of methoxy groups -OCH3 is 1. The Bertz CT molecular complexity index is 336. The zero-order valence-corrected chi connectivity index (χ0v) is 10.4. The Balaban J connectivity index is 3.11. The summed E-state index contributed by atoms with van der Waals surface area (Å²) in [5.41, 5.74) is 0.409. The zero-order chi connectivity index (χ0) is 10.7. The topological polar surface area (TPSA) is 59.4 Å². The second-order valence-electron chi connectivity index (χ2n) is 2.44. The molecule has 0 saturated carbocycles. The van der Waals surface area contributed by atoms with Gasteiger partial charge in [0.05, 0.1) is 7.11 Å². The van der Waals surface area contributed by atoms with E-state index in [0.29, 0.717) is 14.5 Å². The number of pyridine rings is 1. The van der Waals surface area contributed by atoms with Gasteiger partial charge in [0.1, 0.15) is 0 Å². The summed E-state index contributed by atoms with van der Waals surface area (Å²) in [5, 5.41) is 9.59. The molecule has 0 radical (unpaired) electrons. The van der Waals surface area contributed by atoms with Crippen LogP contribution in [0.1, 0.15) is 11.7 Å². The largest absolute Gasteiger partial charge is 0.467 e. The maximum absolute atomic E-state index is 11.1. The number of rotatable bonds is 2. The van der Waals surface area contributed by atoms with Gasteiger partial charge in [-0.3, -0.25) is 4.98 Å². The molecule has 0 spiro atoms. The molecule has 1 aromatic rings. The molecule has 1 N–H and O–H groups in total. The molecule has 1 unspecified atom stereocenters. The van der Waals surface area contributed by atoms with Crippen LogP contribution in [0, 0.1) is 0 Å². The molecule has 1 aromatic heterocycles. The number of nitrogens with zero attached hydrogens (tertiary/aromatic N) is 1. The van der Waals surface area contributed by atoms with Gasteiger partial charge >= 0.3 is 5.97 Å². The Kier molecular flexibility index (Phi) is 4.03. The maximum atomic E-state index is 11.1. The van der Waals surface area contributed by atoms with Crippen LogP contribution in [0.15, 0.2) is 21.3 Å². The van der Waals surface area contributed by atoms with E-state index in [9.17, 15) is 9.90 Å². The van der Waals surface area contributed by atoms with E-state index in [2.05, 4.69) is 41.6 Å². The third kappa shape index (κ3) is 2.31. The first-order chi connectivity index (χ1) is 6.57. The highest BCUT2D eigenvalue weighted by molar-refractivity contribution is 9.11. The van der Waals surface area contributed by atoms with Crippen LogP contribution in [-0.2, 0) is 9.53 Å². The van der Waals surface area contributed by atoms with Crippen LogP contribution < -0.4 is 0 Å². The summed E-state index contributed by atoms with van der Waals surface area (Å²) >= 11 is 6.37. The van der Waals surface area contributed by atoms with Gasteiger partial charge in [-0.1, -0.05) is 0 Å². The molecule has 14 heavy (non-hydrogen) atoms. The van der Waals surface area contributed by atoms with Crippen molar-refractivity contribution in [3.05, 3.63) is 26.9 Å². The number of hydrogen-bond donors (Lipinski definition) is 1. The van der Waals surface area contributed by atoms with E-state index in [-0.39, 0.29) is 0 Å². The lowest BCUT2D eigenvalue weighted by Crippen LogP contribution is -2.14. The molecule has 0 saturated heterocycles. The Morgan fingerprint density at radius 2 is 2.00 bits per heavy atom. The minimum Gasteiger partial charge on any atom is -0.467 e. The summed E-state index contributed by atoms with van der Waals surface area (Å²) in [5.74, 6) is -0.711. The molecule has 6 heteroatoms. The van der Waals surface area contributed by atoms with Crippen LogP contribution in [0.4, 0.5) is 0 Å². The average molecular weight is 325 g/mol. The molecular formula is C8H7Br2NO3. The molecule has 76 valence electrons. The lowest BCUT2D eigenvalue weighted by molar-refractivity contribution is -0.150. The van der Waals surface area contributed by atoms with Crippen LogP contribution >= 0.6 is 31.9 Å². The number of carbonyl (C=O) groups is 1. The quantitative estimate of drug-likeness (QED) is 0.843. The van der Waals surface area contributed by atoms with Crippen molar-refractivity contribution in [2.24, 2.45) is 0 Å². The number of aliphatic hydroxyl groups is 1. The van der Waals surface area contributed by atoms with Gasteiger partial charge < -0.3 is 9.84 Å². The second kappa shape index (κ2) is 4.86. The summed E-state index contributed by atoms with van der Waals surface area (Å²) < 4.78 is 5.52. The van der Waals surface area contributed by atoms with Crippen molar-refractivity contribution in [3.8, 4) is 0 Å². The fourth-order valence-electron chi connectivity index (χ4n) is 0.912. The highest BCUT2D eigenvalue weighted by Crippen LogP contribution is 2.30. The van der Waals surface area contributed by atoms with Crippen molar-refractivity contribution >= 4 is 37.8 Å². The molecule has 0 aliphatic heterocycles. The Hall–Kier alpha value is -0.460. The SMILES string of the molecule is COC(=O)C(O)c1c(Br)cncc1Br. The molecule has 0 aliphatic rings. The monoisotopic (exact) mass is 323 g/mol. The van der Waals surface area contributed by atoms with E-state index < -0.39 is 12.1 Å². The number of halogens is 2. The van der Waals surface area contributed by atoms with Gasteiger partial charge in [0.15, 0.2) is 6.10 Å². The zero-order valence-electron chi connectivity index (χ0n) is 7.20. The highest BCUT2D eigenvalue weighted by atomic mass is 79.9. The van der Waals surface area contributed by atoms with Crippen LogP contribution in [-0.4, -0.2) is 23.2 Å². The van der Waals surface area contributed by atoms with Gasteiger partial charge in [0.25, 0.3) is 0 Å². The number of aliphatic hydroxyl groups excluding tert-OH is 1. The summed E-state index contributed by atoms with van der Waals surface area (Å²) in [6.45, 7) is 0. The van der Waals surface area contributed by atoms with Crippen molar-refractivity contribution in [3.63, 3.8) is 0 Å².